The molecule has 0 spiro atoms. The summed E-state index contributed by atoms with van der Waals surface area (Å²) in [7, 11) is -12.8. The number of aliphatic hydroxyl groups excluding tert-OH is 1. The van der Waals surface area contributed by atoms with E-state index in [4.69, 9.17) is 83.5 Å². The van der Waals surface area contributed by atoms with Crippen LogP contribution in [0.3, 0.4) is 0 Å². The smallest absolute Gasteiger partial charge is 0.311 e. The Morgan fingerprint density at radius 2 is 0.813 bits per heavy atom. The molecule has 123 heavy (non-hydrogen) atoms. The highest BCUT2D eigenvalue weighted by Crippen LogP contribution is 2.48. The largest absolute Gasteiger partial charge is 0.465 e. The predicted molar refractivity (Wildman–Crippen MR) is 511 cm³/mol. The lowest BCUT2D eigenvalue weighted by Gasteiger charge is -2.42. The highest BCUT2D eigenvalue weighted by molar-refractivity contribution is 7.91. The molecule has 0 aromatic heterocycles. The van der Waals surface area contributed by atoms with Gasteiger partial charge in [0.05, 0.1) is 150 Å². The second-order valence-corrected chi connectivity index (χ2v) is 67.2. The van der Waals surface area contributed by atoms with Gasteiger partial charge in [-0.1, -0.05) is 160 Å². The van der Waals surface area contributed by atoms with Gasteiger partial charge in [-0.3, -0.25) is 4.79 Å². The zero-order chi connectivity index (χ0) is 92.6. The van der Waals surface area contributed by atoms with Crippen molar-refractivity contribution in [3.8, 4) is 0 Å². The van der Waals surface area contributed by atoms with E-state index in [2.05, 4.69) is 176 Å². The molecular weight excluding hydrogens is 1700 g/mol. The molecule has 19 nitrogen and oxygen atoms in total. The summed E-state index contributed by atoms with van der Waals surface area (Å²) in [5, 5.41) is 9.51. The van der Waals surface area contributed by atoms with E-state index in [1.165, 1.54) is 0 Å². The topological polar surface area (TPSA) is 226 Å². The maximum atomic E-state index is 14.2. The monoisotopic (exact) mass is 1870 g/mol. The Labute approximate surface area is 760 Å². The average Bonchev–Trinajstić information content (AvgIpc) is 1.64. The van der Waals surface area contributed by atoms with E-state index < -0.39 is 107 Å². The van der Waals surface area contributed by atoms with E-state index in [0.717, 1.165) is 99.3 Å². The predicted octanol–water partition coefficient (Wildman–Crippen LogP) is 22.4. The number of aliphatic hydroxyl groups is 1. The normalized spacial score (nSPS) is 28.6. The van der Waals surface area contributed by atoms with Crippen molar-refractivity contribution in [2.45, 2.75) is 400 Å². The highest BCUT2D eigenvalue weighted by atomic mass is 35.5. The number of sulfone groups is 2. The summed E-state index contributed by atoms with van der Waals surface area (Å²) < 4.78 is 143. The molecule has 20 atom stereocenters. The fourth-order valence-electron chi connectivity index (χ4n) is 16.5. The van der Waals surface area contributed by atoms with Crippen molar-refractivity contribution in [2.75, 3.05) is 57.5 Å². The number of methoxy groups -OCH3 is 2. The fourth-order valence-corrected chi connectivity index (χ4v) is 24.7. The Bertz CT molecular complexity index is 3870. The van der Waals surface area contributed by atoms with Crippen molar-refractivity contribution in [3.63, 3.8) is 0 Å². The first-order valence-corrected chi connectivity index (χ1v) is 61.6. The second-order valence-electron chi connectivity index (χ2n) is 43.2. The van der Waals surface area contributed by atoms with E-state index in [9.17, 15) is 26.7 Å². The molecule has 6 saturated heterocycles. The van der Waals surface area contributed by atoms with Crippen LogP contribution in [0.1, 0.15) is 220 Å². The van der Waals surface area contributed by atoms with Crippen molar-refractivity contribution in [3.05, 3.63) is 109 Å². The number of ether oxygens (including phenoxy) is 9. The highest BCUT2D eigenvalue weighted by Gasteiger charge is 2.54. The molecule has 6 aliphatic rings. The Balaban J connectivity index is 0.000000370. The number of halogens is 2. The first-order chi connectivity index (χ1) is 56.8. The summed E-state index contributed by atoms with van der Waals surface area (Å²) in [6.45, 7) is 74.2. The third kappa shape index (κ3) is 31.7. The van der Waals surface area contributed by atoms with Crippen LogP contribution in [0.15, 0.2) is 119 Å². The first kappa shape index (κ1) is 109. The van der Waals surface area contributed by atoms with Crippen LogP contribution >= 0.6 is 23.2 Å². The van der Waals surface area contributed by atoms with Gasteiger partial charge in [-0.15, -0.1) is 23.2 Å². The third-order valence-electron chi connectivity index (χ3n) is 28.4. The van der Waals surface area contributed by atoms with Gasteiger partial charge in [0.15, 0.2) is 52.9 Å². The quantitative estimate of drug-likeness (QED) is 0.0216. The number of esters is 1. The third-order valence-corrected chi connectivity index (χ3v) is 50.1. The van der Waals surface area contributed by atoms with Gasteiger partial charge < -0.3 is 65.4 Å². The maximum Gasteiger partial charge on any atom is 0.311 e. The molecule has 0 aliphatic carbocycles. The van der Waals surface area contributed by atoms with Gasteiger partial charge in [0.25, 0.3) is 0 Å². The standard InChI is InChI=1S/C50H86O10SSi2.C45H78O9SSi2.CH2Cl2/c1-34-28-38(25-26-42-35(2)29-37(57-42)22-21-27-55-47(51)48(4,5)6)58-43(36(34)3)31-44-41(33-61(52,53)40-23-19-18-20-24-40)46(54-13)45(59-44)30-39(60-63(16,17)50(10,11)12)32-56-62(14,15)49(7,8)9;1-31-25-35(22-23-39-32(2)26-34(51-39)19-18-24-46)52-40(33(31)3)28-41-38(30-55(47,48)37-20-16-15-17-21-37)43(49-10)42(53-41)27-36(54-57(13,14)45(7,8)9)29-50-56(11,12)44(4,5)6;2-1-3/h18-20,23-24,34,37-39,41-46H,2-3,21-22,25-33H2,1,4-17H3;15-17,20-21,31,34-36,38-43,46H,2-3,18-19,22-30H2,1,4-14H3;1H2/t34-,37?,38+,39+,41+,42+,43?,44?,45?,46-;31-,34?,35+,36+,38+,39+,40?,41?,42?,43-;/m11./s1. The number of carbonyl (C=O) groups excluding carboxylic acids is 1. The van der Waals surface area contributed by atoms with E-state index in [-0.39, 0.29) is 127 Å². The lowest BCUT2D eigenvalue weighted by Crippen LogP contribution is -2.49. The molecule has 8 rings (SSSR count). The van der Waals surface area contributed by atoms with Gasteiger partial charge >= 0.3 is 5.97 Å². The number of alkyl halides is 2. The number of benzene rings is 2. The zero-order valence-electron chi connectivity index (χ0n) is 80.8. The summed E-state index contributed by atoms with van der Waals surface area (Å²) in [6.07, 6.45) is 7.90. The molecule has 1 N–H and O–H groups in total. The van der Waals surface area contributed by atoms with Gasteiger partial charge in [-0.25, -0.2) is 16.8 Å². The van der Waals surface area contributed by atoms with Crippen molar-refractivity contribution in [1.82, 2.24) is 0 Å². The average molecular weight is 1870 g/mol. The van der Waals surface area contributed by atoms with Gasteiger partial charge in [0.2, 0.25) is 0 Å². The molecule has 0 radical (unpaired) electrons. The molecule has 27 heteroatoms. The van der Waals surface area contributed by atoms with E-state index >= 15 is 0 Å². The molecule has 0 amide bonds. The molecule has 6 heterocycles. The summed E-state index contributed by atoms with van der Waals surface area (Å²) in [5.41, 5.74) is 3.73. The van der Waals surface area contributed by atoms with Crippen LogP contribution in [-0.2, 0) is 84.8 Å². The van der Waals surface area contributed by atoms with Crippen LogP contribution in [0.4, 0.5) is 0 Å². The van der Waals surface area contributed by atoms with Gasteiger partial charge in [-0.05, 0) is 229 Å². The molecule has 8 unspecified atom stereocenters. The summed E-state index contributed by atoms with van der Waals surface area (Å²) in [5.74, 6) is -0.883. The van der Waals surface area contributed by atoms with Crippen molar-refractivity contribution >= 4 is 82.1 Å². The molecule has 706 valence electrons. The zero-order valence-corrected chi connectivity index (χ0v) is 87.9. The Hall–Kier alpha value is -2.30. The Morgan fingerprint density at radius 1 is 0.480 bits per heavy atom. The van der Waals surface area contributed by atoms with Crippen LogP contribution in [-0.4, -0.2) is 216 Å². The van der Waals surface area contributed by atoms with Crippen LogP contribution in [0.25, 0.3) is 0 Å². The van der Waals surface area contributed by atoms with Gasteiger partial charge in [0.1, 0.15) is 0 Å². The molecule has 6 aliphatic heterocycles. The van der Waals surface area contributed by atoms with Crippen LogP contribution < -0.4 is 0 Å². The molecule has 0 bridgehead atoms. The minimum Gasteiger partial charge on any atom is -0.465 e. The van der Waals surface area contributed by atoms with Crippen molar-refractivity contribution in [2.24, 2.45) is 29.1 Å². The van der Waals surface area contributed by atoms with Crippen LogP contribution in [0.2, 0.25) is 72.5 Å². The maximum absolute atomic E-state index is 14.2. The number of hydrogen-bond donors (Lipinski definition) is 1. The molecule has 2 aromatic rings. The minimum atomic E-state index is -3.70. The number of carbonyl (C=O) groups is 1. The SMILES string of the molecule is C=C1C(CC2OC(C[C@@H](CO[Si](C)(C)C(C)(C)C)O[Si](C)(C)C(C)(C)C)[C@H](OC)[C@H]2CS(=O)(=O)c2ccccc2)O[C@@H](CC[C@@H]2OC(CCCO)CC2=C)C[C@H]1C.C=C1C(CC2OC(C[C@@H](CO[Si](C)(C)C(C)(C)C)O[Si](C)(C)C(C)(C)C)[C@H](OC)[C@H]2CS(=O)(=O)c2ccccc2)O[C@@H](CC[C@@H]2OC(CCCOC(=O)C(C)(C)C)CC2=C)C[C@H]1C.ClCCl. The van der Waals surface area contributed by atoms with E-state index in [1.54, 1.807) is 62.8 Å². The van der Waals surface area contributed by atoms with Crippen molar-refractivity contribution < 1.29 is 87.1 Å². The summed E-state index contributed by atoms with van der Waals surface area (Å²) in [6, 6.07) is 17.4. The van der Waals surface area contributed by atoms with Crippen molar-refractivity contribution in [1.29, 1.82) is 0 Å². The lowest BCUT2D eigenvalue weighted by molar-refractivity contribution is -0.153. The number of rotatable bonds is 39. The molecular formula is C96H166Cl2O19S2Si4. The van der Waals surface area contributed by atoms with E-state index in [1.807, 2.05) is 32.9 Å². The molecule has 2 aromatic carbocycles. The van der Waals surface area contributed by atoms with Gasteiger partial charge in [-0.2, -0.15) is 0 Å². The van der Waals surface area contributed by atoms with Crippen LogP contribution in [0.5, 0.6) is 0 Å². The molecule has 0 saturated carbocycles. The van der Waals surface area contributed by atoms with Gasteiger partial charge in [0, 0.05) is 58.3 Å². The van der Waals surface area contributed by atoms with E-state index in [0.29, 0.717) is 50.4 Å². The first-order valence-electron chi connectivity index (χ1n) is 45.6. The molecule has 6 fully saturated rings. The summed E-state index contributed by atoms with van der Waals surface area (Å²) >= 11 is 9.53. The van der Waals surface area contributed by atoms with Crippen LogP contribution in [0, 0.1) is 29.1 Å². The lowest BCUT2D eigenvalue weighted by atomic mass is 9.83. The Kier molecular flexibility index (Phi) is 41.3. The minimum absolute atomic E-state index is 0.000157. The fraction of sp³-hybridized carbons (Fsp3) is 0.781. The Morgan fingerprint density at radius 3 is 1.13 bits per heavy atom. The summed E-state index contributed by atoms with van der Waals surface area (Å²) in [4.78, 5) is 12.8. The number of hydrogen-bond acceptors (Lipinski definition) is 19. The second kappa shape index (κ2) is 46.4.